The maximum absolute atomic E-state index is 13.0. The molecule has 6 heterocycles. The van der Waals surface area contributed by atoms with Crippen molar-refractivity contribution in [3.05, 3.63) is 486 Å². The minimum atomic E-state index is -0.0190. The fraction of sp³-hybridized carbons (Fsp3) is 0. The summed E-state index contributed by atoms with van der Waals surface area (Å²) >= 11 is 0. The molecule has 0 fully saturated rings. The highest BCUT2D eigenvalue weighted by Gasteiger charge is 2.21. The predicted octanol–water partition coefficient (Wildman–Crippen LogP) is 28.4. The van der Waals surface area contributed by atoms with Gasteiger partial charge in [0, 0.05) is 50.1 Å². The van der Waals surface area contributed by atoms with Gasteiger partial charge in [-0.25, -0.2) is 44.9 Å². The maximum Gasteiger partial charge on any atom is 0.200 e. The zero-order valence-corrected chi connectivity index (χ0v) is 72.3. The van der Waals surface area contributed by atoms with Gasteiger partial charge in [0.25, 0.3) is 0 Å². The first kappa shape index (κ1) is 82.1. The molecular formula is C120H75N9O6. The third-order valence-electron chi connectivity index (χ3n) is 23.9. The molecule has 0 aliphatic heterocycles. The molecule has 24 aromatic rings. The molecule has 0 spiro atoms. The van der Waals surface area contributed by atoms with E-state index in [1.807, 2.05) is 315 Å². The van der Waals surface area contributed by atoms with E-state index in [1.165, 1.54) is 0 Å². The summed E-state index contributed by atoms with van der Waals surface area (Å²) in [5, 5.41) is 3.51. The average Bonchev–Trinajstić information content (AvgIpc) is 0.774. The van der Waals surface area contributed by atoms with Crippen LogP contribution in [0.15, 0.2) is 483 Å². The monoisotopic (exact) mass is 1740 g/mol. The summed E-state index contributed by atoms with van der Waals surface area (Å²) in [6.07, 6.45) is 0. The molecular weight excluding hydrogens is 1660 g/mol. The van der Waals surface area contributed by atoms with Gasteiger partial charge in [-0.05, 0) is 146 Å². The molecule has 0 atom stereocenters. The second kappa shape index (κ2) is 36.5. The Balaban J connectivity index is 0.000000118. The van der Waals surface area contributed by atoms with Gasteiger partial charge < -0.3 is 13.3 Å². The Morgan fingerprint density at radius 2 is 0.319 bits per heavy atom. The van der Waals surface area contributed by atoms with Crippen LogP contribution >= 0.6 is 0 Å². The Labute approximate surface area is 773 Å². The average molecular weight is 1740 g/mol. The molecule has 0 amide bonds. The van der Waals surface area contributed by atoms with Crippen LogP contribution in [0.1, 0.15) is 0 Å². The van der Waals surface area contributed by atoms with Gasteiger partial charge in [-0.3, -0.25) is 14.4 Å². The van der Waals surface area contributed by atoms with E-state index in [4.69, 9.17) is 58.1 Å². The largest absolute Gasteiger partial charge is 0.456 e. The van der Waals surface area contributed by atoms with E-state index in [0.29, 0.717) is 118 Å². The fourth-order valence-corrected chi connectivity index (χ4v) is 16.9. The lowest BCUT2D eigenvalue weighted by Crippen LogP contribution is -2.01. The molecule has 135 heavy (non-hydrogen) atoms. The van der Waals surface area contributed by atoms with E-state index in [-0.39, 0.29) is 16.3 Å². The first-order chi connectivity index (χ1) is 66.6. The smallest absolute Gasteiger partial charge is 0.200 e. The van der Waals surface area contributed by atoms with Gasteiger partial charge >= 0.3 is 0 Å². The lowest BCUT2D eigenvalue weighted by atomic mass is 9.96. The van der Waals surface area contributed by atoms with E-state index in [2.05, 4.69) is 121 Å². The molecule has 0 saturated carbocycles. The van der Waals surface area contributed by atoms with Crippen LogP contribution in [0.2, 0.25) is 0 Å². The van der Waals surface area contributed by atoms with Crippen LogP contribution in [0.3, 0.4) is 0 Å². The Morgan fingerprint density at radius 1 is 0.126 bits per heavy atom. The standard InChI is InChI=1S/3C40H25N3O2/c44-37-33-17-9-10-18-35(33)45-36-25-30(23-24-34(36)37)26-19-21-27(22-20-26)31-15-7-8-16-32(31)40-42-38(28-11-3-1-4-12-28)41-39(43-40)29-13-5-2-6-14-29;44-37-33-16-7-8-17-35(33)45-36-25-31(22-23-34(36)37)27-20-18-26(19-21-27)30-14-9-15-32(24-30)40-42-38(28-10-3-1-4-11-28)41-39(43-40)29-12-5-2-6-13-29;44-37-33-13-7-8-14-35(33)45-36-25-32(23-24-34(36)37)28-17-15-26(16-18-28)27-19-21-31(22-20-27)40-42-38(29-9-3-1-4-10-29)41-39(43-40)30-11-5-2-6-12-30/h3*1-25H. The summed E-state index contributed by atoms with van der Waals surface area (Å²) in [4.78, 5) is 82.7. The summed E-state index contributed by atoms with van der Waals surface area (Å²) in [5.74, 6) is 5.65. The number of nitrogens with zero attached hydrogens (tertiary/aromatic N) is 9. The van der Waals surface area contributed by atoms with Crippen molar-refractivity contribution in [3.63, 3.8) is 0 Å². The van der Waals surface area contributed by atoms with Gasteiger partial charge in [-0.2, -0.15) is 0 Å². The predicted molar refractivity (Wildman–Crippen MR) is 542 cm³/mol. The minimum absolute atomic E-state index is 0.0121. The zero-order valence-electron chi connectivity index (χ0n) is 72.3. The molecule has 15 nitrogen and oxygen atoms in total. The maximum atomic E-state index is 13.0. The summed E-state index contributed by atoms with van der Waals surface area (Å²) in [5.41, 5.74) is 24.2. The second-order valence-corrected chi connectivity index (χ2v) is 32.5. The van der Waals surface area contributed by atoms with Crippen molar-refractivity contribution in [2.45, 2.75) is 0 Å². The second-order valence-electron chi connectivity index (χ2n) is 32.5. The molecule has 15 heteroatoms. The highest BCUT2D eigenvalue weighted by molar-refractivity contribution is 5.96. The third-order valence-corrected chi connectivity index (χ3v) is 23.9. The first-order valence-corrected chi connectivity index (χ1v) is 44.2. The number of fused-ring (bicyclic) bond motifs is 6. The van der Waals surface area contributed by atoms with E-state index in [0.717, 1.165) is 117 Å². The van der Waals surface area contributed by atoms with Crippen LogP contribution in [0, 0.1) is 0 Å². The summed E-state index contributed by atoms with van der Waals surface area (Å²) in [6, 6.07) is 149. The minimum Gasteiger partial charge on any atom is -0.456 e. The third kappa shape index (κ3) is 17.1. The normalized spacial score (nSPS) is 11.2. The fourth-order valence-electron chi connectivity index (χ4n) is 16.9. The van der Waals surface area contributed by atoms with Gasteiger partial charge in [-0.1, -0.05) is 376 Å². The zero-order chi connectivity index (χ0) is 90.5. The molecule has 0 unspecified atom stereocenters. The van der Waals surface area contributed by atoms with Crippen molar-refractivity contribution >= 4 is 65.8 Å². The Kier molecular flexibility index (Phi) is 22.2. The lowest BCUT2D eigenvalue weighted by Gasteiger charge is -2.12. The lowest BCUT2D eigenvalue weighted by molar-refractivity contribution is 0.659. The Hall–Kier alpha value is -18.6. The van der Waals surface area contributed by atoms with Gasteiger partial charge in [0.2, 0.25) is 16.3 Å². The molecule has 636 valence electrons. The van der Waals surface area contributed by atoms with Gasteiger partial charge in [0.05, 0.1) is 32.3 Å². The summed E-state index contributed by atoms with van der Waals surface area (Å²) in [6.45, 7) is 0. The molecule has 0 radical (unpaired) electrons. The summed E-state index contributed by atoms with van der Waals surface area (Å²) < 4.78 is 18.3. The highest BCUT2D eigenvalue weighted by atomic mass is 16.3. The van der Waals surface area contributed by atoms with Crippen molar-refractivity contribution in [3.8, 4) is 169 Å². The van der Waals surface area contributed by atoms with Crippen molar-refractivity contribution in [2.75, 3.05) is 0 Å². The molecule has 0 bridgehead atoms. The quantitative estimate of drug-likeness (QED) is 0.0875. The Morgan fingerprint density at radius 3 is 0.622 bits per heavy atom. The number of para-hydroxylation sites is 3. The summed E-state index contributed by atoms with van der Waals surface area (Å²) in [7, 11) is 0. The highest BCUT2D eigenvalue weighted by Crippen LogP contribution is 2.39. The van der Waals surface area contributed by atoms with E-state index in [1.54, 1.807) is 18.2 Å². The Bertz CT molecular complexity index is 8590. The van der Waals surface area contributed by atoms with Crippen molar-refractivity contribution in [2.24, 2.45) is 0 Å². The van der Waals surface area contributed by atoms with Crippen LogP contribution in [0.25, 0.3) is 235 Å². The topological polar surface area (TPSA) is 207 Å². The van der Waals surface area contributed by atoms with E-state index < -0.39 is 0 Å². The number of aromatic nitrogens is 9. The van der Waals surface area contributed by atoms with Crippen molar-refractivity contribution in [1.29, 1.82) is 0 Å². The van der Waals surface area contributed by atoms with Crippen LogP contribution in [0.4, 0.5) is 0 Å². The molecule has 24 rings (SSSR count). The molecule has 0 N–H and O–H groups in total. The van der Waals surface area contributed by atoms with Crippen LogP contribution in [-0.2, 0) is 0 Å². The number of benzene rings is 18. The molecule has 0 aliphatic carbocycles. The van der Waals surface area contributed by atoms with Gasteiger partial charge in [0.1, 0.15) is 33.5 Å². The SMILES string of the molecule is O=c1c2ccccc2oc2cc(-c3ccc(-c4ccc(-c5nc(-c6ccccc6)nc(-c6ccccc6)n5)cc4)cc3)ccc12.O=c1c2ccccc2oc2cc(-c3ccc(-c4cccc(-c5nc(-c6ccccc6)nc(-c6ccccc6)n5)c4)cc3)ccc12.O=c1c2ccccc2oc2cc(-c3ccc(-c4ccccc4-c4nc(-c5ccccc5)nc(-c5ccccc5)n4)cc3)ccc12. The first-order valence-electron chi connectivity index (χ1n) is 44.2. The van der Waals surface area contributed by atoms with Crippen molar-refractivity contribution < 1.29 is 13.3 Å². The van der Waals surface area contributed by atoms with E-state index in [9.17, 15) is 14.4 Å². The van der Waals surface area contributed by atoms with Crippen molar-refractivity contribution in [1.82, 2.24) is 44.9 Å². The molecule has 6 aromatic heterocycles. The number of rotatable bonds is 15. The van der Waals surface area contributed by atoms with E-state index >= 15 is 0 Å². The molecule has 0 aliphatic rings. The molecule has 0 saturated heterocycles. The van der Waals surface area contributed by atoms with Gasteiger partial charge in [-0.15, -0.1) is 0 Å². The number of hydrogen-bond donors (Lipinski definition) is 0. The van der Waals surface area contributed by atoms with Crippen LogP contribution in [-0.4, -0.2) is 44.9 Å². The van der Waals surface area contributed by atoms with Crippen LogP contribution in [0.5, 0.6) is 0 Å². The molecule has 18 aromatic carbocycles. The van der Waals surface area contributed by atoms with Crippen LogP contribution < -0.4 is 16.3 Å². The van der Waals surface area contributed by atoms with Gasteiger partial charge in [0.15, 0.2) is 52.4 Å². The number of hydrogen-bond acceptors (Lipinski definition) is 15.